The third kappa shape index (κ3) is 3.88. The second-order valence-corrected chi connectivity index (χ2v) is 4.83. The highest BCUT2D eigenvalue weighted by molar-refractivity contribution is 5.93. The number of aromatic nitrogens is 1. The van der Waals surface area contributed by atoms with Gasteiger partial charge >= 0.3 is 5.97 Å². The van der Waals surface area contributed by atoms with Gasteiger partial charge in [-0.1, -0.05) is 13.8 Å². The Kier molecular flexibility index (Phi) is 4.38. The summed E-state index contributed by atoms with van der Waals surface area (Å²) in [5, 5.41) is 31.5. The van der Waals surface area contributed by atoms with Gasteiger partial charge in [0.05, 0.1) is 4.92 Å². The fourth-order valence-corrected chi connectivity index (χ4v) is 1.24. The number of carbonyl (C=O) groups is 1. The lowest BCUT2D eigenvalue weighted by Crippen LogP contribution is -2.27. The normalized spacial score (nSPS) is 11.1. The van der Waals surface area contributed by atoms with E-state index in [1.54, 1.807) is 13.8 Å². The average Bonchev–Trinajstić information content (AvgIpc) is 2.36. The van der Waals surface area contributed by atoms with E-state index >= 15 is 0 Å². The number of nitrogens with zero attached hydrogens (tertiary/aromatic N) is 2. The first-order valence-corrected chi connectivity index (χ1v) is 5.49. The number of nitrogens with one attached hydrogen (secondary N) is 1. The van der Waals surface area contributed by atoms with Crippen molar-refractivity contribution < 1.29 is 19.9 Å². The first-order chi connectivity index (χ1) is 8.76. The molecule has 1 aromatic heterocycles. The fraction of sp³-hybridized carbons (Fsp3) is 0.455. The predicted molar refractivity (Wildman–Crippen MR) is 67.2 cm³/mol. The van der Waals surface area contributed by atoms with Crippen molar-refractivity contribution in [2.24, 2.45) is 5.41 Å². The van der Waals surface area contributed by atoms with Crippen LogP contribution in [0.15, 0.2) is 12.3 Å². The summed E-state index contributed by atoms with van der Waals surface area (Å²) in [7, 11) is 0. The van der Waals surface area contributed by atoms with E-state index in [1.807, 2.05) is 0 Å². The molecule has 0 saturated heterocycles. The number of rotatable bonds is 6. The number of pyridine rings is 1. The summed E-state index contributed by atoms with van der Waals surface area (Å²) in [6.45, 7) is 3.77. The van der Waals surface area contributed by atoms with Crippen LogP contribution in [-0.4, -0.2) is 39.2 Å². The minimum Gasteiger partial charge on any atom is -0.478 e. The number of anilines is 1. The van der Waals surface area contributed by atoms with Gasteiger partial charge in [0.1, 0.15) is 17.6 Å². The van der Waals surface area contributed by atoms with Crippen molar-refractivity contribution in [2.75, 3.05) is 18.5 Å². The molecule has 0 bridgehead atoms. The van der Waals surface area contributed by atoms with Gasteiger partial charge in [-0.05, 0) is 0 Å². The van der Waals surface area contributed by atoms with Crippen molar-refractivity contribution in [1.29, 1.82) is 0 Å². The molecule has 1 aromatic rings. The Morgan fingerprint density at radius 1 is 1.58 bits per heavy atom. The molecule has 0 atom stereocenters. The van der Waals surface area contributed by atoms with Gasteiger partial charge in [-0.3, -0.25) is 10.1 Å². The van der Waals surface area contributed by atoms with Crippen molar-refractivity contribution >= 4 is 17.5 Å². The predicted octanol–water partition coefficient (Wildman–Crippen LogP) is 1.12. The van der Waals surface area contributed by atoms with E-state index in [1.165, 1.54) is 0 Å². The molecule has 0 aliphatic rings. The number of aliphatic hydroxyl groups excluding tert-OH is 1. The van der Waals surface area contributed by atoms with E-state index < -0.39 is 16.3 Å². The molecule has 1 rings (SSSR count). The molecular formula is C11H15N3O5. The molecule has 0 saturated carbocycles. The molecule has 0 amide bonds. The second-order valence-electron chi connectivity index (χ2n) is 4.83. The molecule has 0 fully saturated rings. The first-order valence-electron chi connectivity index (χ1n) is 5.49. The summed E-state index contributed by atoms with van der Waals surface area (Å²) in [5.74, 6) is -1.26. The number of nitro groups is 1. The maximum atomic E-state index is 11.0. The lowest BCUT2D eigenvalue weighted by atomic mass is 9.95. The van der Waals surface area contributed by atoms with Gasteiger partial charge in [0, 0.05) is 24.6 Å². The van der Waals surface area contributed by atoms with Gasteiger partial charge in [0.2, 0.25) is 0 Å². The average molecular weight is 269 g/mol. The van der Waals surface area contributed by atoms with E-state index in [0.29, 0.717) is 0 Å². The zero-order valence-electron chi connectivity index (χ0n) is 10.6. The Balaban J connectivity index is 3.01. The van der Waals surface area contributed by atoms with Crippen LogP contribution in [0, 0.1) is 15.5 Å². The van der Waals surface area contributed by atoms with Crippen LogP contribution in [0.1, 0.15) is 24.2 Å². The van der Waals surface area contributed by atoms with E-state index in [2.05, 4.69) is 10.3 Å². The van der Waals surface area contributed by atoms with Crippen molar-refractivity contribution in [3.05, 3.63) is 27.9 Å². The quantitative estimate of drug-likeness (QED) is 0.521. The van der Waals surface area contributed by atoms with Gasteiger partial charge in [-0.25, -0.2) is 9.78 Å². The smallest absolute Gasteiger partial charge is 0.339 e. The van der Waals surface area contributed by atoms with E-state index in [4.69, 9.17) is 10.2 Å². The second kappa shape index (κ2) is 5.61. The summed E-state index contributed by atoms with van der Waals surface area (Å²) < 4.78 is 0. The van der Waals surface area contributed by atoms with Crippen molar-refractivity contribution in [3.8, 4) is 0 Å². The lowest BCUT2D eigenvalue weighted by molar-refractivity contribution is -0.385. The summed E-state index contributed by atoms with van der Waals surface area (Å²) in [4.78, 5) is 24.6. The van der Waals surface area contributed by atoms with Gasteiger partial charge in [-0.15, -0.1) is 0 Å². The van der Waals surface area contributed by atoms with Crippen LogP contribution < -0.4 is 5.32 Å². The number of hydrogen-bond acceptors (Lipinski definition) is 6. The Bertz CT molecular complexity index is 501. The number of hydrogen-bond donors (Lipinski definition) is 3. The topological polar surface area (TPSA) is 126 Å². The number of carboxylic acids is 1. The molecule has 8 heteroatoms. The zero-order chi connectivity index (χ0) is 14.6. The third-order valence-corrected chi connectivity index (χ3v) is 2.48. The van der Waals surface area contributed by atoms with E-state index in [0.717, 1.165) is 12.3 Å². The largest absolute Gasteiger partial charge is 0.478 e. The Labute approximate surface area is 109 Å². The molecule has 104 valence electrons. The highest BCUT2D eigenvalue weighted by atomic mass is 16.6. The molecule has 0 unspecified atom stereocenters. The molecule has 0 aliphatic carbocycles. The minimum atomic E-state index is -1.31. The van der Waals surface area contributed by atoms with Crippen LogP contribution in [0.3, 0.4) is 0 Å². The van der Waals surface area contributed by atoms with Crippen LogP contribution in [0.2, 0.25) is 0 Å². The highest BCUT2D eigenvalue weighted by Crippen LogP contribution is 2.21. The standard InChI is InChI=1S/C11H15N3O5/c1-11(2,6-15)5-13-9-8(10(16)17)3-7(4-12-9)14(18)19/h3-4,15H,5-6H2,1-2H3,(H,12,13)(H,16,17). The first kappa shape index (κ1) is 14.8. The minimum absolute atomic E-state index is 0.0413. The molecule has 8 nitrogen and oxygen atoms in total. The van der Waals surface area contributed by atoms with Crippen molar-refractivity contribution in [1.82, 2.24) is 4.98 Å². The molecule has 1 heterocycles. The molecule has 0 radical (unpaired) electrons. The van der Waals surface area contributed by atoms with Crippen LogP contribution in [0.25, 0.3) is 0 Å². The van der Waals surface area contributed by atoms with Crippen molar-refractivity contribution in [3.63, 3.8) is 0 Å². The molecule has 19 heavy (non-hydrogen) atoms. The maximum absolute atomic E-state index is 11.0. The van der Waals surface area contributed by atoms with Gasteiger partial charge < -0.3 is 15.5 Å². The summed E-state index contributed by atoms with van der Waals surface area (Å²) >= 11 is 0. The van der Waals surface area contributed by atoms with Crippen molar-refractivity contribution in [2.45, 2.75) is 13.8 Å². The van der Waals surface area contributed by atoms with Crippen LogP contribution >= 0.6 is 0 Å². The number of aliphatic hydroxyl groups is 1. The molecule has 3 N–H and O–H groups in total. The van der Waals surface area contributed by atoms with E-state index in [-0.39, 0.29) is 30.2 Å². The molecule has 0 aromatic carbocycles. The zero-order valence-corrected chi connectivity index (χ0v) is 10.6. The van der Waals surface area contributed by atoms with Gasteiger partial charge in [0.25, 0.3) is 5.69 Å². The van der Waals surface area contributed by atoms with E-state index in [9.17, 15) is 14.9 Å². The van der Waals surface area contributed by atoms with Crippen LogP contribution in [0.4, 0.5) is 11.5 Å². The SMILES string of the molecule is CC(C)(CO)CNc1ncc([N+](=O)[O-])cc1C(=O)O. The highest BCUT2D eigenvalue weighted by Gasteiger charge is 2.21. The molecule has 0 aliphatic heterocycles. The Morgan fingerprint density at radius 3 is 2.68 bits per heavy atom. The van der Waals surface area contributed by atoms with Crippen LogP contribution in [-0.2, 0) is 0 Å². The van der Waals surface area contributed by atoms with Crippen LogP contribution in [0.5, 0.6) is 0 Å². The Hall–Kier alpha value is -2.22. The summed E-state index contributed by atoms with van der Waals surface area (Å²) in [5.41, 5.74) is -1.12. The molecular weight excluding hydrogens is 254 g/mol. The number of aromatic carboxylic acids is 1. The lowest BCUT2D eigenvalue weighted by Gasteiger charge is -2.22. The fourth-order valence-electron chi connectivity index (χ4n) is 1.24. The maximum Gasteiger partial charge on any atom is 0.339 e. The monoisotopic (exact) mass is 269 g/mol. The third-order valence-electron chi connectivity index (χ3n) is 2.48. The summed E-state index contributed by atoms with van der Waals surface area (Å²) in [6.07, 6.45) is 0.987. The number of carboxylic acid groups (broad SMARTS) is 1. The molecule has 0 spiro atoms. The van der Waals surface area contributed by atoms with Gasteiger partial charge in [0.15, 0.2) is 0 Å². The summed E-state index contributed by atoms with van der Waals surface area (Å²) in [6, 6.07) is 0.948. The van der Waals surface area contributed by atoms with Gasteiger partial charge in [-0.2, -0.15) is 0 Å². The Morgan fingerprint density at radius 2 is 2.21 bits per heavy atom.